The number of rotatable bonds is 2. The van der Waals surface area contributed by atoms with Gasteiger partial charge in [0, 0.05) is 24.8 Å². The minimum Gasteiger partial charge on any atom is -0.497 e. The first kappa shape index (κ1) is 14.6. The molecule has 1 aromatic carbocycles. The largest absolute Gasteiger partial charge is 0.497 e. The summed E-state index contributed by atoms with van der Waals surface area (Å²) in [6.45, 7) is 2.73. The minimum absolute atomic E-state index is 0.178. The molecule has 2 aliphatic rings. The molecule has 1 saturated heterocycles. The molecule has 6 heteroatoms. The van der Waals surface area contributed by atoms with Crippen LogP contribution in [0.25, 0.3) is 6.08 Å². The van der Waals surface area contributed by atoms with Crippen LogP contribution in [0.15, 0.2) is 35.7 Å². The van der Waals surface area contributed by atoms with Gasteiger partial charge in [0.1, 0.15) is 5.75 Å². The molecule has 0 aliphatic carbocycles. The highest BCUT2D eigenvalue weighted by Crippen LogP contribution is 2.35. The Kier molecular flexibility index (Phi) is 3.62. The topological polar surface area (TPSA) is 42.0 Å². The molecule has 0 N–H and O–H groups in total. The highest BCUT2D eigenvalue weighted by Gasteiger charge is 2.35. The zero-order valence-electron chi connectivity index (χ0n) is 12.6. The van der Waals surface area contributed by atoms with E-state index in [0.29, 0.717) is 6.54 Å². The van der Waals surface area contributed by atoms with Crippen molar-refractivity contribution in [2.75, 3.05) is 25.6 Å². The second kappa shape index (κ2) is 5.46. The summed E-state index contributed by atoms with van der Waals surface area (Å²) in [6.07, 6.45) is 3.82. The monoisotopic (exact) mass is 316 g/mol. The predicted molar refractivity (Wildman–Crippen MR) is 88.5 cm³/mol. The normalized spacial score (nSPS) is 20.3. The van der Waals surface area contributed by atoms with Crippen LogP contribution in [0.4, 0.5) is 5.69 Å². The van der Waals surface area contributed by atoms with Gasteiger partial charge in [0.25, 0.3) is 11.1 Å². The average molecular weight is 316 g/mol. The van der Waals surface area contributed by atoms with Gasteiger partial charge in [-0.1, -0.05) is 6.08 Å². The number of carbonyl (C=O) groups excluding carboxylic acids is 1. The van der Waals surface area contributed by atoms with Crippen LogP contribution in [-0.2, 0) is 9.53 Å². The zero-order chi connectivity index (χ0) is 15.9. The molecule has 22 heavy (non-hydrogen) atoms. The molecule has 0 radical (unpaired) electrons. The first-order valence-corrected chi connectivity index (χ1v) is 7.35. The summed E-state index contributed by atoms with van der Waals surface area (Å²) < 4.78 is 10.7. The highest BCUT2D eigenvalue weighted by molar-refractivity contribution is 7.80. The van der Waals surface area contributed by atoms with Crippen LogP contribution >= 0.6 is 12.2 Å². The van der Waals surface area contributed by atoms with Gasteiger partial charge in [-0.25, -0.2) is 0 Å². The van der Waals surface area contributed by atoms with Gasteiger partial charge in [0.15, 0.2) is 0 Å². The Morgan fingerprint density at radius 3 is 2.68 bits per heavy atom. The number of anilines is 1. The van der Waals surface area contributed by atoms with E-state index >= 15 is 0 Å². The predicted octanol–water partition coefficient (Wildman–Crippen LogP) is 2.53. The third-order valence-electron chi connectivity index (χ3n) is 3.75. The maximum absolute atomic E-state index is 12.3. The van der Waals surface area contributed by atoms with Crippen molar-refractivity contribution in [1.29, 1.82) is 0 Å². The Morgan fingerprint density at radius 2 is 2.09 bits per heavy atom. The SMILES string of the molecule is CCN1C(=C2OC(=S)N(C)C2=O)C=Cc2cc(OC)ccc21. The molecule has 0 saturated carbocycles. The number of methoxy groups -OCH3 is 1. The van der Waals surface area contributed by atoms with E-state index in [2.05, 4.69) is 0 Å². The van der Waals surface area contributed by atoms with Crippen molar-refractivity contribution in [2.45, 2.75) is 6.92 Å². The third kappa shape index (κ3) is 2.16. The zero-order valence-corrected chi connectivity index (χ0v) is 13.4. The van der Waals surface area contributed by atoms with Crippen molar-refractivity contribution in [3.8, 4) is 5.75 Å². The molecule has 3 rings (SSSR count). The number of allylic oxidation sites excluding steroid dienone is 1. The maximum Gasteiger partial charge on any atom is 0.299 e. The van der Waals surface area contributed by atoms with E-state index in [1.165, 1.54) is 4.90 Å². The van der Waals surface area contributed by atoms with E-state index < -0.39 is 0 Å². The molecule has 2 heterocycles. The summed E-state index contributed by atoms with van der Waals surface area (Å²) in [4.78, 5) is 15.6. The number of hydrogen-bond donors (Lipinski definition) is 0. The lowest BCUT2D eigenvalue weighted by molar-refractivity contribution is -0.122. The van der Waals surface area contributed by atoms with E-state index in [-0.39, 0.29) is 16.8 Å². The van der Waals surface area contributed by atoms with Crippen molar-refractivity contribution < 1.29 is 14.3 Å². The first-order chi connectivity index (χ1) is 10.6. The van der Waals surface area contributed by atoms with Gasteiger partial charge < -0.3 is 14.4 Å². The number of carbonyl (C=O) groups is 1. The number of benzene rings is 1. The van der Waals surface area contributed by atoms with Crippen molar-refractivity contribution in [2.24, 2.45) is 0 Å². The van der Waals surface area contributed by atoms with E-state index in [1.807, 2.05) is 42.2 Å². The van der Waals surface area contributed by atoms with Crippen molar-refractivity contribution in [1.82, 2.24) is 4.90 Å². The van der Waals surface area contributed by atoms with Gasteiger partial charge in [0.2, 0.25) is 5.76 Å². The van der Waals surface area contributed by atoms with Gasteiger partial charge in [-0.05, 0) is 43.4 Å². The fourth-order valence-electron chi connectivity index (χ4n) is 2.56. The minimum atomic E-state index is -0.222. The Balaban J connectivity index is 2.10. The maximum atomic E-state index is 12.3. The molecule has 0 atom stereocenters. The van der Waals surface area contributed by atoms with Gasteiger partial charge in [0.05, 0.1) is 12.8 Å². The van der Waals surface area contributed by atoms with E-state index in [9.17, 15) is 4.79 Å². The number of likely N-dealkylation sites (N-methyl/N-ethyl adjacent to an activating group) is 2. The van der Waals surface area contributed by atoms with Gasteiger partial charge in [-0.3, -0.25) is 9.69 Å². The van der Waals surface area contributed by atoms with Crippen LogP contribution in [0, 0.1) is 0 Å². The van der Waals surface area contributed by atoms with E-state index in [0.717, 1.165) is 22.7 Å². The molecule has 2 aliphatic heterocycles. The molecule has 114 valence electrons. The number of ether oxygens (including phenoxy) is 2. The second-order valence-electron chi connectivity index (χ2n) is 4.95. The molecule has 1 fully saturated rings. The van der Waals surface area contributed by atoms with Crippen molar-refractivity contribution in [3.05, 3.63) is 41.3 Å². The summed E-state index contributed by atoms with van der Waals surface area (Å²) in [6, 6.07) is 5.84. The Morgan fingerprint density at radius 1 is 1.32 bits per heavy atom. The van der Waals surface area contributed by atoms with Crippen molar-refractivity contribution in [3.63, 3.8) is 0 Å². The number of thiocarbonyl (C=S) groups is 1. The standard InChI is InChI=1S/C16H16N2O3S/c1-4-18-12-8-6-11(20-3)9-10(12)5-7-13(18)14-15(19)17(2)16(22)21-14/h5-9H,4H2,1-3H3. The van der Waals surface area contributed by atoms with Crippen LogP contribution in [0.3, 0.4) is 0 Å². The molecule has 0 bridgehead atoms. The Bertz CT molecular complexity index is 724. The lowest BCUT2D eigenvalue weighted by atomic mass is 10.0. The number of amides is 1. The Hall–Kier alpha value is -2.34. The lowest BCUT2D eigenvalue weighted by Crippen LogP contribution is -2.28. The number of hydrogen-bond acceptors (Lipinski definition) is 5. The highest BCUT2D eigenvalue weighted by atomic mass is 32.1. The molecule has 1 amide bonds. The van der Waals surface area contributed by atoms with Gasteiger partial charge in [-0.15, -0.1) is 0 Å². The summed E-state index contributed by atoms with van der Waals surface area (Å²) in [5, 5.41) is 0.178. The summed E-state index contributed by atoms with van der Waals surface area (Å²) in [5.41, 5.74) is 2.76. The second-order valence-corrected chi connectivity index (χ2v) is 5.30. The average Bonchev–Trinajstić information content (AvgIpc) is 2.80. The fraction of sp³-hybridized carbons (Fsp3) is 0.250. The van der Waals surface area contributed by atoms with Gasteiger partial charge >= 0.3 is 0 Å². The molecular formula is C16H16N2O3S. The van der Waals surface area contributed by atoms with Crippen LogP contribution in [0.1, 0.15) is 12.5 Å². The summed E-state index contributed by atoms with van der Waals surface area (Å²) >= 11 is 5.04. The first-order valence-electron chi connectivity index (χ1n) is 6.94. The molecule has 0 aromatic heterocycles. The van der Waals surface area contributed by atoms with Crippen LogP contribution in [0.2, 0.25) is 0 Å². The number of fused-ring (bicyclic) bond motifs is 1. The molecule has 0 unspecified atom stereocenters. The lowest BCUT2D eigenvalue weighted by Gasteiger charge is -2.29. The molecule has 1 aromatic rings. The molecular weight excluding hydrogens is 300 g/mol. The van der Waals surface area contributed by atoms with Crippen LogP contribution in [0.5, 0.6) is 5.75 Å². The van der Waals surface area contributed by atoms with Crippen molar-refractivity contribution >= 4 is 35.1 Å². The van der Waals surface area contributed by atoms with Crippen LogP contribution < -0.4 is 9.64 Å². The number of nitrogens with zero attached hydrogens (tertiary/aromatic N) is 2. The fourth-order valence-corrected chi connectivity index (χ4v) is 2.73. The van der Waals surface area contributed by atoms with Crippen LogP contribution in [-0.4, -0.2) is 36.7 Å². The molecule has 5 nitrogen and oxygen atoms in total. The van der Waals surface area contributed by atoms with Gasteiger partial charge in [-0.2, -0.15) is 0 Å². The smallest absolute Gasteiger partial charge is 0.299 e. The molecule has 0 spiro atoms. The Labute approximate surface area is 134 Å². The third-order valence-corrected chi connectivity index (χ3v) is 4.11. The summed E-state index contributed by atoms with van der Waals surface area (Å²) in [7, 11) is 3.25. The van der Waals surface area contributed by atoms with E-state index in [1.54, 1.807) is 14.2 Å². The quantitative estimate of drug-likeness (QED) is 0.619. The summed E-state index contributed by atoms with van der Waals surface area (Å²) in [5.74, 6) is 0.844. The van der Waals surface area contributed by atoms with E-state index in [4.69, 9.17) is 21.7 Å².